The minimum Gasteiger partial charge on any atom is -0.443 e. The molecule has 2 saturated heterocycles. The average molecular weight is 449 g/mol. The summed E-state index contributed by atoms with van der Waals surface area (Å²) in [4.78, 5) is 0. The Morgan fingerprint density at radius 3 is 2.53 bits per heavy atom. The van der Waals surface area contributed by atoms with E-state index in [2.05, 4.69) is 37.1 Å². The molecule has 4 rings (SSSR count). The lowest BCUT2D eigenvalue weighted by Gasteiger charge is -2.39. The Hall–Kier alpha value is -2.01. The van der Waals surface area contributed by atoms with E-state index in [1.807, 2.05) is 11.6 Å². The first-order chi connectivity index (χ1) is 15.3. The van der Waals surface area contributed by atoms with Crippen molar-refractivity contribution in [2.75, 3.05) is 19.8 Å². The van der Waals surface area contributed by atoms with Crippen molar-refractivity contribution in [3.8, 4) is 5.88 Å². The molecule has 0 radical (unpaired) electrons. The highest BCUT2D eigenvalue weighted by Crippen LogP contribution is 2.32. The summed E-state index contributed by atoms with van der Waals surface area (Å²) in [5.74, 6) is 0.289. The number of aliphatic hydroxyl groups excluding tert-OH is 4. The molecule has 4 N–H and O–H groups in total. The van der Waals surface area contributed by atoms with E-state index in [-0.39, 0.29) is 11.9 Å². The molecule has 32 heavy (non-hydrogen) atoms. The molecule has 1 aromatic heterocycles. The van der Waals surface area contributed by atoms with Crippen molar-refractivity contribution in [3.05, 3.63) is 46.1 Å². The van der Waals surface area contributed by atoms with Gasteiger partial charge in [-0.3, -0.25) is 4.68 Å². The minimum absolute atomic E-state index is 0.0839. The quantitative estimate of drug-likeness (QED) is 0.505. The second kappa shape index (κ2) is 9.46. The van der Waals surface area contributed by atoms with Crippen molar-refractivity contribution >= 4 is 0 Å². The predicted molar refractivity (Wildman–Crippen MR) is 115 cm³/mol. The van der Waals surface area contributed by atoms with Gasteiger partial charge in [-0.05, 0) is 43.9 Å². The van der Waals surface area contributed by atoms with Crippen LogP contribution in [0.4, 0.5) is 0 Å². The zero-order valence-corrected chi connectivity index (χ0v) is 18.6. The first kappa shape index (κ1) is 23.2. The summed E-state index contributed by atoms with van der Waals surface area (Å²) in [6, 6.07) is 6.35. The van der Waals surface area contributed by atoms with Crippen LogP contribution in [0.3, 0.4) is 0 Å². The Bertz CT molecular complexity index is 939. The summed E-state index contributed by atoms with van der Waals surface area (Å²) < 4.78 is 18.9. The molecule has 3 heterocycles. The van der Waals surface area contributed by atoms with E-state index in [0.29, 0.717) is 19.6 Å². The summed E-state index contributed by atoms with van der Waals surface area (Å²) >= 11 is 0. The fourth-order valence-electron chi connectivity index (χ4n) is 4.29. The molecule has 6 atom stereocenters. The van der Waals surface area contributed by atoms with Gasteiger partial charge in [0.25, 0.3) is 0 Å². The molecular formula is C23H32N2O7. The molecule has 176 valence electrons. The molecule has 9 heteroatoms. The predicted octanol–water partition coefficient (Wildman–Crippen LogP) is 0.539. The summed E-state index contributed by atoms with van der Waals surface area (Å²) in [7, 11) is 0. The molecule has 0 aliphatic carbocycles. The second-order valence-electron chi connectivity index (χ2n) is 8.74. The molecule has 2 fully saturated rings. The highest BCUT2D eigenvalue weighted by atomic mass is 16.7. The number of aromatic nitrogens is 2. The molecular weight excluding hydrogens is 416 g/mol. The number of aryl methyl sites for hydroxylation is 2. The third kappa shape index (κ3) is 4.41. The lowest BCUT2D eigenvalue weighted by Crippen LogP contribution is -2.60. The second-order valence-corrected chi connectivity index (χ2v) is 8.74. The average Bonchev–Trinajstić information content (AvgIpc) is 3.40. The molecule has 2 aliphatic rings. The van der Waals surface area contributed by atoms with Crippen LogP contribution in [0.2, 0.25) is 0 Å². The van der Waals surface area contributed by atoms with Gasteiger partial charge in [0.15, 0.2) is 0 Å². The third-order valence-electron chi connectivity index (χ3n) is 6.52. The number of benzene rings is 1. The van der Waals surface area contributed by atoms with Gasteiger partial charge in [-0.2, -0.15) is 0 Å². The standard InChI is InChI=1S/C23H32N2O7/c1-12-4-5-15(8-13(12)2)9-17-14(3)25(16-6-7-30-11-16)24-22(17)32-23-21(29)20(28)19(27)18(10-26)31-23/h4-5,8,16,18-21,23,26-29H,6-7,9-11H2,1-3H3/t16?,18-,19-,20+,21-,23+/m1/s1. The minimum atomic E-state index is -1.51. The van der Waals surface area contributed by atoms with Gasteiger partial charge >= 0.3 is 0 Å². The molecule has 0 bridgehead atoms. The van der Waals surface area contributed by atoms with E-state index in [0.717, 1.165) is 23.2 Å². The van der Waals surface area contributed by atoms with E-state index in [1.54, 1.807) is 0 Å². The van der Waals surface area contributed by atoms with Crippen LogP contribution in [0.25, 0.3) is 0 Å². The molecule has 0 spiro atoms. The van der Waals surface area contributed by atoms with Crippen LogP contribution in [0.1, 0.15) is 40.4 Å². The van der Waals surface area contributed by atoms with Crippen molar-refractivity contribution in [1.82, 2.24) is 9.78 Å². The van der Waals surface area contributed by atoms with Gasteiger partial charge in [-0.1, -0.05) is 18.2 Å². The van der Waals surface area contributed by atoms with Crippen molar-refractivity contribution in [2.45, 2.75) is 70.4 Å². The number of ether oxygens (including phenoxy) is 3. The normalized spacial score (nSPS) is 30.6. The lowest BCUT2D eigenvalue weighted by atomic mass is 9.99. The number of hydrogen-bond acceptors (Lipinski definition) is 8. The van der Waals surface area contributed by atoms with Gasteiger partial charge in [-0.15, -0.1) is 5.10 Å². The SMILES string of the molecule is Cc1ccc(Cc2c(O[C@@H]3O[C@H](CO)[C@@H](O)[C@H](O)[C@H]3O)nn(C3CCOC3)c2C)cc1C. The van der Waals surface area contributed by atoms with Gasteiger partial charge in [-0.25, -0.2) is 0 Å². The molecule has 9 nitrogen and oxygen atoms in total. The Kier molecular flexibility index (Phi) is 6.85. The fraction of sp³-hybridized carbons (Fsp3) is 0.609. The summed E-state index contributed by atoms with van der Waals surface area (Å²) in [6.07, 6.45) is -5.39. The van der Waals surface area contributed by atoms with Crippen LogP contribution in [0, 0.1) is 20.8 Å². The van der Waals surface area contributed by atoms with Gasteiger partial charge in [0.1, 0.15) is 24.4 Å². The highest BCUT2D eigenvalue weighted by Gasteiger charge is 2.45. The smallest absolute Gasteiger partial charge is 0.239 e. The van der Waals surface area contributed by atoms with Crippen LogP contribution < -0.4 is 4.74 Å². The van der Waals surface area contributed by atoms with Crippen LogP contribution in [0.5, 0.6) is 5.88 Å². The zero-order chi connectivity index (χ0) is 23.0. The van der Waals surface area contributed by atoms with E-state index in [9.17, 15) is 20.4 Å². The van der Waals surface area contributed by atoms with Crippen LogP contribution >= 0.6 is 0 Å². The third-order valence-corrected chi connectivity index (χ3v) is 6.52. The molecule has 0 amide bonds. The zero-order valence-electron chi connectivity index (χ0n) is 18.6. The number of hydrogen-bond donors (Lipinski definition) is 4. The van der Waals surface area contributed by atoms with Crippen LogP contribution in [0.15, 0.2) is 18.2 Å². The summed E-state index contributed by atoms with van der Waals surface area (Å²) in [5, 5.41) is 44.7. The van der Waals surface area contributed by atoms with Crippen molar-refractivity contribution in [2.24, 2.45) is 0 Å². The molecule has 0 saturated carbocycles. The Morgan fingerprint density at radius 2 is 1.88 bits per heavy atom. The number of rotatable bonds is 6. The maximum Gasteiger partial charge on any atom is 0.239 e. The van der Waals surface area contributed by atoms with Gasteiger partial charge in [0.2, 0.25) is 12.2 Å². The van der Waals surface area contributed by atoms with Crippen molar-refractivity contribution < 1.29 is 34.6 Å². The largest absolute Gasteiger partial charge is 0.443 e. The first-order valence-corrected chi connectivity index (χ1v) is 11.0. The van der Waals surface area contributed by atoms with Gasteiger partial charge in [0.05, 0.1) is 19.3 Å². The van der Waals surface area contributed by atoms with Gasteiger partial charge < -0.3 is 34.6 Å². The summed E-state index contributed by atoms with van der Waals surface area (Å²) in [6.45, 7) is 6.81. The Labute approximate surface area is 187 Å². The van der Waals surface area contributed by atoms with Crippen LogP contribution in [-0.4, -0.2) is 80.7 Å². The maximum absolute atomic E-state index is 10.4. The molecule has 1 unspecified atom stereocenters. The first-order valence-electron chi connectivity index (χ1n) is 11.0. The number of nitrogens with zero attached hydrogens (tertiary/aromatic N) is 2. The highest BCUT2D eigenvalue weighted by molar-refractivity contribution is 5.39. The monoisotopic (exact) mass is 448 g/mol. The van der Waals surface area contributed by atoms with E-state index < -0.39 is 37.3 Å². The fourth-order valence-corrected chi connectivity index (χ4v) is 4.29. The topological polar surface area (TPSA) is 126 Å². The van der Waals surface area contributed by atoms with E-state index in [1.165, 1.54) is 11.1 Å². The maximum atomic E-state index is 10.4. The lowest BCUT2D eigenvalue weighted by molar-refractivity contribution is -0.278. The molecule has 1 aromatic carbocycles. The van der Waals surface area contributed by atoms with Crippen molar-refractivity contribution in [1.29, 1.82) is 0 Å². The molecule has 2 aliphatic heterocycles. The van der Waals surface area contributed by atoms with E-state index >= 15 is 0 Å². The summed E-state index contributed by atoms with van der Waals surface area (Å²) in [5.41, 5.74) is 5.27. The number of aliphatic hydroxyl groups is 4. The Balaban J connectivity index is 1.66. The van der Waals surface area contributed by atoms with Gasteiger partial charge in [0, 0.05) is 24.3 Å². The van der Waals surface area contributed by atoms with Crippen LogP contribution in [-0.2, 0) is 15.9 Å². The van der Waals surface area contributed by atoms with E-state index in [4.69, 9.17) is 14.2 Å². The van der Waals surface area contributed by atoms with Crippen molar-refractivity contribution in [3.63, 3.8) is 0 Å². The molecule has 2 aromatic rings. The Morgan fingerprint density at radius 1 is 1.09 bits per heavy atom.